The lowest BCUT2D eigenvalue weighted by molar-refractivity contribution is 0.153. The van der Waals surface area contributed by atoms with Gasteiger partial charge in [-0.2, -0.15) is 0 Å². The van der Waals surface area contributed by atoms with Crippen LogP contribution in [0.2, 0.25) is 0 Å². The first-order chi connectivity index (χ1) is 8.80. The molecule has 1 saturated heterocycles. The Morgan fingerprint density at radius 2 is 1.79 bits per heavy atom. The van der Waals surface area contributed by atoms with E-state index >= 15 is 0 Å². The van der Waals surface area contributed by atoms with E-state index < -0.39 is 0 Å². The third kappa shape index (κ3) is 5.43. The first kappa shape index (κ1) is 17.0. The van der Waals surface area contributed by atoms with Crippen LogP contribution in [0.1, 0.15) is 60.3 Å². The molecule has 0 aromatic rings. The van der Waals surface area contributed by atoms with E-state index in [1.54, 1.807) is 0 Å². The van der Waals surface area contributed by atoms with Crippen molar-refractivity contribution in [2.45, 2.75) is 60.3 Å². The average molecular weight is 268 g/mol. The minimum absolute atomic E-state index is 0.427. The number of likely N-dealkylation sites (tertiary alicyclic amines) is 1. The standard InChI is InChI=1S/C17H36N2/c1-7-17(5,13-18-6)14-19-11-8-9-15(10-12-19)16(2,3)4/h15,18H,7-14H2,1-6H3. The second kappa shape index (κ2) is 7.08. The van der Waals surface area contributed by atoms with E-state index in [0.29, 0.717) is 10.8 Å². The molecular formula is C17H36N2. The van der Waals surface area contributed by atoms with E-state index in [9.17, 15) is 0 Å². The van der Waals surface area contributed by atoms with Crippen molar-refractivity contribution in [3.05, 3.63) is 0 Å². The second-order valence-electron chi connectivity index (χ2n) is 7.96. The molecule has 2 nitrogen and oxygen atoms in total. The summed E-state index contributed by atoms with van der Waals surface area (Å²) in [4.78, 5) is 2.71. The fourth-order valence-corrected chi connectivity index (χ4v) is 3.44. The molecule has 1 fully saturated rings. The third-order valence-electron chi connectivity index (χ3n) is 5.11. The molecule has 19 heavy (non-hydrogen) atoms. The smallest absolute Gasteiger partial charge is 0.00474 e. The van der Waals surface area contributed by atoms with Crippen LogP contribution in [0.25, 0.3) is 0 Å². The summed E-state index contributed by atoms with van der Waals surface area (Å²) >= 11 is 0. The summed E-state index contributed by atoms with van der Waals surface area (Å²) in [6, 6.07) is 0. The van der Waals surface area contributed by atoms with Crippen LogP contribution >= 0.6 is 0 Å². The van der Waals surface area contributed by atoms with Crippen molar-refractivity contribution in [2.75, 3.05) is 33.2 Å². The predicted molar refractivity (Wildman–Crippen MR) is 85.6 cm³/mol. The molecule has 0 spiro atoms. The Balaban J connectivity index is 2.53. The Hall–Kier alpha value is -0.0800. The van der Waals surface area contributed by atoms with Gasteiger partial charge in [0.1, 0.15) is 0 Å². The molecule has 1 aliphatic rings. The van der Waals surface area contributed by atoms with Crippen LogP contribution in [0.5, 0.6) is 0 Å². The highest BCUT2D eigenvalue weighted by Gasteiger charge is 2.30. The topological polar surface area (TPSA) is 15.3 Å². The molecule has 0 aromatic heterocycles. The SMILES string of the molecule is CCC(C)(CNC)CN1CCCC(C(C)(C)C)CC1. The lowest BCUT2D eigenvalue weighted by atomic mass is 9.77. The van der Waals surface area contributed by atoms with Gasteiger partial charge in [-0.3, -0.25) is 0 Å². The summed E-state index contributed by atoms with van der Waals surface area (Å²) in [5, 5.41) is 3.37. The maximum atomic E-state index is 3.37. The van der Waals surface area contributed by atoms with Gasteiger partial charge >= 0.3 is 0 Å². The highest BCUT2D eigenvalue weighted by Crippen LogP contribution is 2.35. The van der Waals surface area contributed by atoms with Gasteiger partial charge in [0.25, 0.3) is 0 Å². The van der Waals surface area contributed by atoms with Crippen molar-refractivity contribution in [1.29, 1.82) is 0 Å². The second-order valence-corrected chi connectivity index (χ2v) is 7.96. The number of hydrogen-bond donors (Lipinski definition) is 1. The van der Waals surface area contributed by atoms with Crippen LogP contribution < -0.4 is 5.32 Å². The molecule has 114 valence electrons. The molecule has 0 radical (unpaired) electrons. The van der Waals surface area contributed by atoms with Gasteiger partial charge in [-0.05, 0) is 62.6 Å². The minimum atomic E-state index is 0.427. The fourth-order valence-electron chi connectivity index (χ4n) is 3.44. The minimum Gasteiger partial charge on any atom is -0.319 e. The van der Waals surface area contributed by atoms with Gasteiger partial charge in [0.15, 0.2) is 0 Å². The Labute approximate surface area is 121 Å². The zero-order valence-electron chi connectivity index (χ0n) is 14.2. The van der Waals surface area contributed by atoms with Gasteiger partial charge < -0.3 is 10.2 Å². The van der Waals surface area contributed by atoms with Gasteiger partial charge in [-0.25, -0.2) is 0 Å². The van der Waals surface area contributed by atoms with Crippen LogP contribution in [-0.2, 0) is 0 Å². The van der Waals surface area contributed by atoms with Gasteiger partial charge in [-0.1, -0.05) is 34.6 Å². The molecule has 0 aliphatic carbocycles. The van der Waals surface area contributed by atoms with Crippen molar-refractivity contribution in [2.24, 2.45) is 16.7 Å². The molecule has 1 aliphatic heterocycles. The number of nitrogens with zero attached hydrogens (tertiary/aromatic N) is 1. The van der Waals surface area contributed by atoms with Gasteiger partial charge in [0.2, 0.25) is 0 Å². The number of rotatable bonds is 5. The molecule has 1 N–H and O–H groups in total. The molecular weight excluding hydrogens is 232 g/mol. The maximum absolute atomic E-state index is 3.37. The van der Waals surface area contributed by atoms with Crippen LogP contribution in [0, 0.1) is 16.7 Å². The van der Waals surface area contributed by atoms with Gasteiger partial charge in [0.05, 0.1) is 0 Å². The molecule has 1 rings (SSSR count). The van der Waals surface area contributed by atoms with E-state index in [0.717, 1.165) is 12.5 Å². The fraction of sp³-hybridized carbons (Fsp3) is 1.00. The highest BCUT2D eigenvalue weighted by molar-refractivity contribution is 4.83. The van der Waals surface area contributed by atoms with E-state index in [4.69, 9.17) is 0 Å². The lowest BCUT2D eigenvalue weighted by Crippen LogP contribution is -2.41. The lowest BCUT2D eigenvalue weighted by Gasteiger charge is -2.35. The quantitative estimate of drug-likeness (QED) is 0.816. The van der Waals surface area contributed by atoms with Crippen molar-refractivity contribution in [1.82, 2.24) is 10.2 Å². The van der Waals surface area contributed by atoms with E-state index in [2.05, 4.69) is 51.9 Å². The number of nitrogens with one attached hydrogen (secondary N) is 1. The van der Waals surface area contributed by atoms with Gasteiger partial charge in [-0.15, -0.1) is 0 Å². The first-order valence-corrected chi connectivity index (χ1v) is 8.18. The van der Waals surface area contributed by atoms with Crippen LogP contribution in [0.3, 0.4) is 0 Å². The molecule has 0 amide bonds. The van der Waals surface area contributed by atoms with Crippen LogP contribution in [0.15, 0.2) is 0 Å². The molecule has 1 heterocycles. The Morgan fingerprint density at radius 1 is 1.11 bits per heavy atom. The van der Waals surface area contributed by atoms with Gasteiger partial charge in [0, 0.05) is 13.1 Å². The summed E-state index contributed by atoms with van der Waals surface area (Å²) in [5.74, 6) is 0.898. The van der Waals surface area contributed by atoms with Crippen molar-refractivity contribution in [3.8, 4) is 0 Å². The van der Waals surface area contributed by atoms with Crippen LogP contribution in [-0.4, -0.2) is 38.1 Å². The molecule has 2 heteroatoms. The Bertz CT molecular complexity index is 256. The summed E-state index contributed by atoms with van der Waals surface area (Å²) in [6.45, 7) is 16.9. The Morgan fingerprint density at radius 3 is 2.32 bits per heavy atom. The van der Waals surface area contributed by atoms with Crippen molar-refractivity contribution in [3.63, 3.8) is 0 Å². The Kier molecular flexibility index (Phi) is 6.32. The summed E-state index contributed by atoms with van der Waals surface area (Å²) < 4.78 is 0. The molecule has 0 saturated carbocycles. The highest BCUT2D eigenvalue weighted by atomic mass is 15.1. The zero-order chi connectivity index (χ0) is 14.5. The van der Waals surface area contributed by atoms with Crippen LogP contribution in [0.4, 0.5) is 0 Å². The van der Waals surface area contributed by atoms with Crippen molar-refractivity contribution < 1.29 is 0 Å². The molecule has 0 aromatic carbocycles. The largest absolute Gasteiger partial charge is 0.319 e. The summed E-state index contributed by atoms with van der Waals surface area (Å²) in [7, 11) is 2.08. The average Bonchev–Trinajstić information content (AvgIpc) is 2.54. The predicted octanol–water partition coefficient (Wildman–Crippen LogP) is 3.77. The molecule has 0 bridgehead atoms. The zero-order valence-corrected chi connectivity index (χ0v) is 14.2. The molecule has 2 unspecified atom stereocenters. The van der Waals surface area contributed by atoms with E-state index in [-0.39, 0.29) is 0 Å². The summed E-state index contributed by atoms with van der Waals surface area (Å²) in [5.41, 5.74) is 0.908. The first-order valence-electron chi connectivity index (χ1n) is 8.18. The summed E-state index contributed by atoms with van der Waals surface area (Å²) in [6.07, 6.45) is 5.42. The normalized spacial score (nSPS) is 25.9. The number of hydrogen-bond acceptors (Lipinski definition) is 2. The van der Waals surface area contributed by atoms with E-state index in [1.165, 1.54) is 45.3 Å². The maximum Gasteiger partial charge on any atom is 0.00474 e. The van der Waals surface area contributed by atoms with Crippen molar-refractivity contribution >= 4 is 0 Å². The molecule has 2 atom stereocenters. The van der Waals surface area contributed by atoms with E-state index in [1.807, 2.05) is 0 Å². The third-order valence-corrected chi connectivity index (χ3v) is 5.11. The monoisotopic (exact) mass is 268 g/mol.